The molecule has 28 heavy (non-hydrogen) atoms. The standard InChI is InChI=1S/C22H16N2O4/c1-2-5-13-10-19(25)27-18-11-14(8-9-15(13)18)26-22-21-20(23-12-24-22)16-6-3-4-7-17(16)28-21/h3-4,6-12H,2,5H2,1H3. The van der Waals surface area contributed by atoms with Gasteiger partial charge >= 0.3 is 5.63 Å². The van der Waals surface area contributed by atoms with Crippen molar-refractivity contribution in [3.05, 3.63) is 70.8 Å². The topological polar surface area (TPSA) is 78.4 Å². The lowest BCUT2D eigenvalue weighted by Gasteiger charge is -2.07. The van der Waals surface area contributed by atoms with Crippen LogP contribution in [0.2, 0.25) is 0 Å². The molecule has 6 nitrogen and oxygen atoms in total. The predicted molar refractivity (Wildman–Crippen MR) is 106 cm³/mol. The van der Waals surface area contributed by atoms with Gasteiger partial charge in [-0.3, -0.25) is 0 Å². The molecule has 6 heteroatoms. The summed E-state index contributed by atoms with van der Waals surface area (Å²) in [6.07, 6.45) is 3.20. The van der Waals surface area contributed by atoms with Crippen molar-refractivity contribution >= 4 is 33.0 Å². The van der Waals surface area contributed by atoms with E-state index in [0.29, 0.717) is 28.3 Å². The van der Waals surface area contributed by atoms with E-state index < -0.39 is 0 Å². The van der Waals surface area contributed by atoms with Gasteiger partial charge in [-0.15, -0.1) is 0 Å². The zero-order chi connectivity index (χ0) is 19.1. The number of hydrogen-bond acceptors (Lipinski definition) is 6. The number of hydrogen-bond donors (Lipinski definition) is 0. The lowest BCUT2D eigenvalue weighted by Crippen LogP contribution is -2.00. The van der Waals surface area contributed by atoms with Crippen LogP contribution in [0.5, 0.6) is 11.6 Å². The molecule has 0 fully saturated rings. The highest BCUT2D eigenvalue weighted by Crippen LogP contribution is 2.34. The van der Waals surface area contributed by atoms with E-state index in [0.717, 1.165) is 34.8 Å². The minimum Gasteiger partial charge on any atom is -0.449 e. The van der Waals surface area contributed by atoms with E-state index in [-0.39, 0.29) is 5.63 Å². The summed E-state index contributed by atoms with van der Waals surface area (Å²) in [6, 6.07) is 14.6. The Morgan fingerprint density at radius 1 is 0.964 bits per heavy atom. The van der Waals surface area contributed by atoms with E-state index in [1.807, 2.05) is 36.4 Å². The average molecular weight is 372 g/mol. The second kappa shape index (κ2) is 6.49. The van der Waals surface area contributed by atoms with Crippen LogP contribution in [0.1, 0.15) is 18.9 Å². The molecule has 3 aromatic heterocycles. The Hall–Kier alpha value is -3.67. The Kier molecular flexibility index (Phi) is 3.83. The molecule has 138 valence electrons. The number of aromatic nitrogens is 2. The van der Waals surface area contributed by atoms with Crippen molar-refractivity contribution in [1.82, 2.24) is 9.97 Å². The summed E-state index contributed by atoms with van der Waals surface area (Å²) in [5.74, 6) is 0.817. The molecule has 0 saturated heterocycles. The third kappa shape index (κ3) is 2.70. The molecule has 0 amide bonds. The van der Waals surface area contributed by atoms with Gasteiger partial charge in [-0.25, -0.2) is 9.78 Å². The van der Waals surface area contributed by atoms with Gasteiger partial charge in [-0.1, -0.05) is 25.5 Å². The molecule has 0 atom stereocenters. The van der Waals surface area contributed by atoms with Gasteiger partial charge < -0.3 is 13.6 Å². The molecule has 0 N–H and O–H groups in total. The predicted octanol–water partition coefficient (Wildman–Crippen LogP) is 5.23. The quantitative estimate of drug-likeness (QED) is 0.402. The van der Waals surface area contributed by atoms with Crippen molar-refractivity contribution in [3.8, 4) is 11.6 Å². The largest absolute Gasteiger partial charge is 0.449 e. The maximum atomic E-state index is 11.9. The Labute approximate surface area is 159 Å². The zero-order valence-corrected chi connectivity index (χ0v) is 15.1. The number of para-hydroxylation sites is 1. The molecule has 0 aliphatic rings. The van der Waals surface area contributed by atoms with Crippen LogP contribution >= 0.6 is 0 Å². The van der Waals surface area contributed by atoms with Gasteiger partial charge in [0.1, 0.15) is 28.8 Å². The first-order valence-corrected chi connectivity index (χ1v) is 9.10. The number of rotatable bonds is 4. The molecular weight excluding hydrogens is 356 g/mol. The van der Waals surface area contributed by atoms with E-state index in [2.05, 4.69) is 16.9 Å². The maximum absolute atomic E-state index is 11.9. The fourth-order valence-corrected chi connectivity index (χ4v) is 3.44. The van der Waals surface area contributed by atoms with Crippen LogP contribution in [-0.2, 0) is 6.42 Å². The normalized spacial score (nSPS) is 11.5. The van der Waals surface area contributed by atoms with Crippen LogP contribution < -0.4 is 10.4 Å². The van der Waals surface area contributed by atoms with E-state index >= 15 is 0 Å². The van der Waals surface area contributed by atoms with Gasteiger partial charge in [-0.2, -0.15) is 4.98 Å². The summed E-state index contributed by atoms with van der Waals surface area (Å²) in [6.45, 7) is 2.08. The summed E-state index contributed by atoms with van der Waals surface area (Å²) < 4.78 is 17.2. The van der Waals surface area contributed by atoms with Crippen LogP contribution in [0.3, 0.4) is 0 Å². The second-order valence-corrected chi connectivity index (χ2v) is 6.56. The molecule has 0 saturated carbocycles. The van der Waals surface area contributed by atoms with Crippen LogP contribution in [0.15, 0.2) is 68.5 Å². The molecule has 5 aromatic rings. The SMILES string of the molecule is CCCc1cc(=O)oc2cc(Oc3ncnc4c3oc3ccccc34)ccc12. The fraction of sp³-hybridized carbons (Fsp3) is 0.136. The minimum absolute atomic E-state index is 0.313. The Morgan fingerprint density at radius 3 is 2.75 bits per heavy atom. The molecule has 0 aliphatic heterocycles. The molecule has 0 unspecified atom stereocenters. The summed E-state index contributed by atoms with van der Waals surface area (Å²) in [4.78, 5) is 20.4. The maximum Gasteiger partial charge on any atom is 0.336 e. The Morgan fingerprint density at radius 2 is 1.86 bits per heavy atom. The van der Waals surface area contributed by atoms with Gasteiger partial charge in [0.2, 0.25) is 5.58 Å². The molecular formula is C22H16N2O4. The van der Waals surface area contributed by atoms with Crippen LogP contribution in [0.25, 0.3) is 33.0 Å². The molecule has 0 spiro atoms. The molecule has 0 bridgehead atoms. The first kappa shape index (κ1) is 16.5. The smallest absolute Gasteiger partial charge is 0.336 e. The van der Waals surface area contributed by atoms with Gasteiger partial charge in [0, 0.05) is 22.9 Å². The van der Waals surface area contributed by atoms with Gasteiger partial charge in [0.15, 0.2) is 0 Å². The van der Waals surface area contributed by atoms with Crippen molar-refractivity contribution in [3.63, 3.8) is 0 Å². The van der Waals surface area contributed by atoms with Crippen molar-refractivity contribution in [1.29, 1.82) is 0 Å². The third-order valence-corrected chi connectivity index (χ3v) is 4.66. The van der Waals surface area contributed by atoms with Crippen molar-refractivity contribution in [2.45, 2.75) is 19.8 Å². The monoisotopic (exact) mass is 372 g/mol. The highest BCUT2D eigenvalue weighted by molar-refractivity contribution is 6.03. The number of aryl methyl sites for hydroxylation is 1. The molecule has 3 heterocycles. The van der Waals surface area contributed by atoms with E-state index in [9.17, 15) is 4.79 Å². The number of nitrogens with zero attached hydrogens (tertiary/aromatic N) is 2. The minimum atomic E-state index is -0.366. The van der Waals surface area contributed by atoms with Crippen LogP contribution in [0.4, 0.5) is 0 Å². The number of ether oxygens (including phenoxy) is 1. The first-order valence-electron chi connectivity index (χ1n) is 9.10. The summed E-state index contributed by atoms with van der Waals surface area (Å²) in [5, 5.41) is 1.81. The summed E-state index contributed by atoms with van der Waals surface area (Å²) in [5.41, 5.74) is 2.99. The summed E-state index contributed by atoms with van der Waals surface area (Å²) >= 11 is 0. The highest BCUT2D eigenvalue weighted by Gasteiger charge is 2.15. The zero-order valence-electron chi connectivity index (χ0n) is 15.1. The second-order valence-electron chi connectivity index (χ2n) is 6.56. The third-order valence-electron chi connectivity index (χ3n) is 4.66. The number of fused-ring (bicyclic) bond motifs is 4. The molecule has 0 aliphatic carbocycles. The Bertz CT molecular complexity index is 1380. The highest BCUT2D eigenvalue weighted by atomic mass is 16.5. The lowest BCUT2D eigenvalue weighted by molar-refractivity contribution is 0.455. The van der Waals surface area contributed by atoms with Crippen LogP contribution in [0, 0.1) is 0 Å². The van der Waals surface area contributed by atoms with Gasteiger partial charge in [-0.05, 0) is 36.2 Å². The van der Waals surface area contributed by atoms with Gasteiger partial charge in [0.25, 0.3) is 5.88 Å². The average Bonchev–Trinajstić information content (AvgIpc) is 3.08. The van der Waals surface area contributed by atoms with Crippen LogP contribution in [-0.4, -0.2) is 9.97 Å². The molecule has 0 radical (unpaired) electrons. The van der Waals surface area contributed by atoms with E-state index in [4.69, 9.17) is 13.6 Å². The molecule has 2 aromatic carbocycles. The fourth-order valence-electron chi connectivity index (χ4n) is 3.44. The van der Waals surface area contributed by atoms with Gasteiger partial charge in [0.05, 0.1) is 0 Å². The number of benzene rings is 2. The molecule has 5 rings (SSSR count). The van der Waals surface area contributed by atoms with Crippen molar-refractivity contribution < 1.29 is 13.6 Å². The first-order chi connectivity index (χ1) is 13.7. The van der Waals surface area contributed by atoms with E-state index in [1.54, 1.807) is 12.1 Å². The lowest BCUT2D eigenvalue weighted by atomic mass is 10.1. The van der Waals surface area contributed by atoms with E-state index in [1.165, 1.54) is 6.33 Å². The number of furan rings is 1. The Balaban J connectivity index is 1.61. The van der Waals surface area contributed by atoms with Crippen molar-refractivity contribution in [2.24, 2.45) is 0 Å². The van der Waals surface area contributed by atoms with Crippen molar-refractivity contribution in [2.75, 3.05) is 0 Å². The summed E-state index contributed by atoms with van der Waals surface area (Å²) in [7, 11) is 0.